The predicted octanol–water partition coefficient (Wildman–Crippen LogP) is 2.87. The fraction of sp³-hybridized carbons (Fsp3) is 0.500. The molecule has 0 saturated heterocycles. The van der Waals surface area contributed by atoms with Crippen LogP contribution in [0, 0.1) is 5.82 Å². The van der Waals surface area contributed by atoms with Crippen LogP contribution in [0.2, 0.25) is 5.02 Å². The molecule has 0 spiro atoms. The van der Waals surface area contributed by atoms with Gasteiger partial charge in [-0.15, -0.1) is 0 Å². The zero-order valence-electron chi connectivity index (χ0n) is 9.39. The smallest absolute Gasteiger partial charge is 0.140 e. The molecule has 0 heterocycles. The zero-order chi connectivity index (χ0) is 11.9. The average molecular weight is 244 g/mol. The fourth-order valence-electron chi connectivity index (χ4n) is 2.18. The maximum absolute atomic E-state index is 13.4. The molecule has 2 rings (SSSR count). The maximum atomic E-state index is 13.4. The standard InChI is InChI=1S/C12H15ClFNO/c1-7(15)12(3-4-12)9-5-8(14)6-10(16-2)11(9)13/h5-7H,3-4,15H2,1-2H3. The summed E-state index contributed by atoms with van der Waals surface area (Å²) < 4.78 is 18.5. The summed E-state index contributed by atoms with van der Waals surface area (Å²) in [4.78, 5) is 0. The summed E-state index contributed by atoms with van der Waals surface area (Å²) in [5.74, 6) is 0.0479. The summed E-state index contributed by atoms with van der Waals surface area (Å²) in [6, 6.07) is 2.74. The van der Waals surface area contributed by atoms with Crippen LogP contribution in [-0.4, -0.2) is 13.2 Å². The molecule has 1 unspecified atom stereocenters. The van der Waals surface area contributed by atoms with Crippen molar-refractivity contribution in [2.24, 2.45) is 5.73 Å². The SMILES string of the molecule is COc1cc(F)cc(C2(C(C)N)CC2)c1Cl. The molecule has 2 N–H and O–H groups in total. The van der Waals surface area contributed by atoms with E-state index in [4.69, 9.17) is 22.1 Å². The molecule has 0 aliphatic heterocycles. The number of methoxy groups -OCH3 is 1. The molecule has 0 amide bonds. The summed E-state index contributed by atoms with van der Waals surface area (Å²) in [7, 11) is 1.48. The van der Waals surface area contributed by atoms with Crippen LogP contribution in [0.15, 0.2) is 12.1 Å². The molecule has 0 bridgehead atoms. The molecule has 1 fully saturated rings. The summed E-state index contributed by atoms with van der Waals surface area (Å²) in [5, 5.41) is 0.485. The molecule has 1 aliphatic carbocycles. The van der Waals surface area contributed by atoms with Gasteiger partial charge < -0.3 is 10.5 Å². The lowest BCUT2D eigenvalue weighted by molar-refractivity contribution is 0.409. The van der Waals surface area contributed by atoms with Crippen LogP contribution >= 0.6 is 11.6 Å². The number of hydrogen-bond donors (Lipinski definition) is 1. The van der Waals surface area contributed by atoms with Crippen molar-refractivity contribution >= 4 is 11.6 Å². The van der Waals surface area contributed by atoms with E-state index in [-0.39, 0.29) is 17.3 Å². The second-order valence-corrected chi connectivity index (χ2v) is 4.79. The van der Waals surface area contributed by atoms with Gasteiger partial charge in [0.2, 0.25) is 0 Å². The van der Waals surface area contributed by atoms with E-state index in [1.165, 1.54) is 19.2 Å². The first-order valence-electron chi connectivity index (χ1n) is 5.30. The van der Waals surface area contributed by atoms with Gasteiger partial charge in [0.15, 0.2) is 0 Å². The largest absolute Gasteiger partial charge is 0.495 e. The van der Waals surface area contributed by atoms with Crippen molar-refractivity contribution in [3.63, 3.8) is 0 Å². The quantitative estimate of drug-likeness (QED) is 0.886. The van der Waals surface area contributed by atoms with Crippen molar-refractivity contribution < 1.29 is 9.13 Å². The minimum atomic E-state index is -0.330. The van der Waals surface area contributed by atoms with Gasteiger partial charge >= 0.3 is 0 Å². The van der Waals surface area contributed by atoms with Gasteiger partial charge in [-0.3, -0.25) is 0 Å². The molecule has 1 atom stereocenters. The second kappa shape index (κ2) is 3.90. The van der Waals surface area contributed by atoms with E-state index in [0.717, 1.165) is 18.4 Å². The highest BCUT2D eigenvalue weighted by Gasteiger charge is 2.49. The minimum Gasteiger partial charge on any atom is -0.495 e. The molecule has 88 valence electrons. The highest BCUT2D eigenvalue weighted by atomic mass is 35.5. The van der Waals surface area contributed by atoms with Gasteiger partial charge in [0.25, 0.3) is 0 Å². The van der Waals surface area contributed by atoms with Gasteiger partial charge in [-0.05, 0) is 31.4 Å². The van der Waals surface area contributed by atoms with E-state index in [1.807, 2.05) is 6.92 Å². The van der Waals surface area contributed by atoms with E-state index in [2.05, 4.69) is 0 Å². The lowest BCUT2D eigenvalue weighted by Gasteiger charge is -2.22. The maximum Gasteiger partial charge on any atom is 0.140 e. The summed E-state index contributed by atoms with van der Waals surface area (Å²) in [6.07, 6.45) is 1.91. The van der Waals surface area contributed by atoms with E-state index in [1.54, 1.807) is 0 Å². The van der Waals surface area contributed by atoms with Crippen LogP contribution in [0.5, 0.6) is 5.75 Å². The Hall–Kier alpha value is -0.800. The summed E-state index contributed by atoms with van der Waals surface area (Å²) >= 11 is 6.20. The molecule has 16 heavy (non-hydrogen) atoms. The minimum absolute atomic E-state index is 0.0310. The summed E-state index contributed by atoms with van der Waals surface area (Å²) in [5.41, 5.74) is 6.57. The number of hydrogen-bond acceptors (Lipinski definition) is 2. The second-order valence-electron chi connectivity index (χ2n) is 4.41. The van der Waals surface area contributed by atoms with E-state index < -0.39 is 0 Å². The first kappa shape index (κ1) is 11.7. The Morgan fingerprint density at radius 1 is 1.50 bits per heavy atom. The molecule has 1 saturated carbocycles. The van der Waals surface area contributed by atoms with E-state index >= 15 is 0 Å². The normalized spacial score (nSPS) is 19.3. The molecule has 1 aliphatic rings. The van der Waals surface area contributed by atoms with Crippen molar-refractivity contribution in [3.05, 3.63) is 28.5 Å². The molecule has 1 aromatic rings. The van der Waals surface area contributed by atoms with Gasteiger partial charge in [0.1, 0.15) is 11.6 Å². The Kier molecular flexibility index (Phi) is 2.84. The third-order valence-corrected chi connectivity index (χ3v) is 3.81. The number of rotatable bonds is 3. The number of nitrogens with two attached hydrogens (primary N) is 1. The van der Waals surface area contributed by atoms with Crippen LogP contribution in [-0.2, 0) is 5.41 Å². The molecule has 2 nitrogen and oxygen atoms in total. The first-order valence-corrected chi connectivity index (χ1v) is 5.68. The monoisotopic (exact) mass is 243 g/mol. The van der Waals surface area contributed by atoms with Gasteiger partial charge in [-0.1, -0.05) is 11.6 Å². The lowest BCUT2D eigenvalue weighted by Crippen LogP contribution is -2.32. The Morgan fingerprint density at radius 3 is 2.56 bits per heavy atom. The van der Waals surface area contributed by atoms with E-state index in [9.17, 15) is 4.39 Å². The van der Waals surface area contributed by atoms with Crippen LogP contribution in [0.3, 0.4) is 0 Å². The highest BCUT2D eigenvalue weighted by molar-refractivity contribution is 6.33. The van der Waals surface area contributed by atoms with Crippen molar-refractivity contribution in [1.82, 2.24) is 0 Å². The topological polar surface area (TPSA) is 35.2 Å². The van der Waals surface area contributed by atoms with Crippen molar-refractivity contribution in [2.75, 3.05) is 7.11 Å². The Labute approximate surface area is 99.5 Å². The molecular formula is C12H15ClFNO. The van der Waals surface area contributed by atoms with Gasteiger partial charge in [0, 0.05) is 17.5 Å². The summed E-state index contributed by atoms with van der Waals surface area (Å²) in [6.45, 7) is 1.93. The fourth-order valence-corrected chi connectivity index (χ4v) is 2.55. The Balaban J connectivity index is 2.53. The lowest BCUT2D eigenvalue weighted by atomic mass is 9.89. The van der Waals surface area contributed by atoms with Crippen molar-refractivity contribution in [2.45, 2.75) is 31.2 Å². The van der Waals surface area contributed by atoms with Crippen LogP contribution in [0.25, 0.3) is 0 Å². The molecule has 4 heteroatoms. The third kappa shape index (κ3) is 1.68. The van der Waals surface area contributed by atoms with Crippen LogP contribution < -0.4 is 10.5 Å². The van der Waals surface area contributed by atoms with Crippen LogP contribution in [0.4, 0.5) is 4.39 Å². The van der Waals surface area contributed by atoms with Gasteiger partial charge in [-0.2, -0.15) is 0 Å². The number of ether oxygens (including phenoxy) is 1. The molecular weight excluding hydrogens is 229 g/mol. The molecule has 1 aromatic carbocycles. The Morgan fingerprint density at radius 2 is 2.12 bits per heavy atom. The van der Waals surface area contributed by atoms with Crippen LogP contribution in [0.1, 0.15) is 25.3 Å². The zero-order valence-corrected chi connectivity index (χ0v) is 10.1. The highest BCUT2D eigenvalue weighted by Crippen LogP contribution is 2.53. The van der Waals surface area contributed by atoms with Crippen molar-refractivity contribution in [1.29, 1.82) is 0 Å². The average Bonchev–Trinajstić information content (AvgIpc) is 3.02. The number of benzene rings is 1. The number of halogens is 2. The third-order valence-electron chi connectivity index (χ3n) is 3.42. The Bertz CT molecular complexity index is 416. The van der Waals surface area contributed by atoms with Gasteiger partial charge in [-0.25, -0.2) is 4.39 Å². The van der Waals surface area contributed by atoms with E-state index in [0.29, 0.717) is 10.8 Å². The van der Waals surface area contributed by atoms with Crippen molar-refractivity contribution in [3.8, 4) is 5.75 Å². The predicted molar refractivity (Wildman–Crippen MR) is 62.5 cm³/mol. The molecule has 0 aromatic heterocycles. The van der Waals surface area contributed by atoms with Gasteiger partial charge in [0.05, 0.1) is 12.1 Å². The molecule has 0 radical (unpaired) electrons. The first-order chi connectivity index (χ1) is 7.51.